The van der Waals surface area contributed by atoms with Crippen LogP contribution in [0.4, 0.5) is 4.39 Å². The largest absolute Gasteiger partial charge is 0.487 e. The Morgan fingerprint density at radius 3 is 2.85 bits per heavy atom. The molecule has 2 aromatic carbocycles. The second kappa shape index (κ2) is 5.47. The lowest BCUT2D eigenvalue weighted by molar-refractivity contribution is 0.299. The van der Waals surface area contributed by atoms with Gasteiger partial charge in [-0.25, -0.2) is 4.39 Å². The van der Waals surface area contributed by atoms with Gasteiger partial charge in [-0.2, -0.15) is 0 Å². The number of aromatic nitrogens is 1. The maximum absolute atomic E-state index is 13.7. The van der Waals surface area contributed by atoms with Gasteiger partial charge in [0, 0.05) is 10.9 Å². The summed E-state index contributed by atoms with van der Waals surface area (Å²) in [6.45, 7) is 0.117. The molecule has 0 atom stereocenters. The van der Waals surface area contributed by atoms with Crippen LogP contribution in [-0.2, 0) is 6.61 Å². The monoisotopic (exact) mass is 287 g/mol. The number of pyridine rings is 1. The van der Waals surface area contributed by atoms with Gasteiger partial charge in [0.25, 0.3) is 0 Å². The van der Waals surface area contributed by atoms with Crippen LogP contribution in [0.25, 0.3) is 10.9 Å². The van der Waals surface area contributed by atoms with Crippen molar-refractivity contribution in [2.45, 2.75) is 6.61 Å². The van der Waals surface area contributed by atoms with Crippen molar-refractivity contribution in [1.82, 2.24) is 4.98 Å². The first kappa shape index (κ1) is 12.9. The second-order valence-electron chi connectivity index (χ2n) is 4.37. The average Bonchev–Trinajstić information content (AvgIpc) is 2.48. The third kappa shape index (κ3) is 2.58. The molecule has 0 saturated heterocycles. The number of fused-ring (bicyclic) bond motifs is 1. The van der Waals surface area contributed by atoms with Crippen LogP contribution in [0.3, 0.4) is 0 Å². The quantitative estimate of drug-likeness (QED) is 0.702. The highest BCUT2D eigenvalue weighted by molar-refractivity contribution is 6.30. The zero-order valence-electron chi connectivity index (χ0n) is 10.5. The van der Waals surface area contributed by atoms with E-state index < -0.39 is 5.82 Å². The van der Waals surface area contributed by atoms with Gasteiger partial charge in [-0.3, -0.25) is 4.98 Å². The van der Waals surface area contributed by atoms with Crippen LogP contribution in [0.5, 0.6) is 5.75 Å². The summed E-state index contributed by atoms with van der Waals surface area (Å²) >= 11 is 5.73. The lowest BCUT2D eigenvalue weighted by Gasteiger charge is -2.08. The fourth-order valence-corrected chi connectivity index (χ4v) is 2.14. The molecule has 0 saturated carbocycles. The van der Waals surface area contributed by atoms with E-state index in [1.807, 2.05) is 30.3 Å². The van der Waals surface area contributed by atoms with Gasteiger partial charge in [-0.05, 0) is 18.2 Å². The number of nitrogens with zero attached hydrogens (tertiary/aromatic N) is 1. The van der Waals surface area contributed by atoms with Crippen molar-refractivity contribution in [2.75, 3.05) is 0 Å². The topological polar surface area (TPSA) is 22.1 Å². The van der Waals surface area contributed by atoms with E-state index in [0.29, 0.717) is 11.3 Å². The molecule has 0 aliphatic carbocycles. The lowest BCUT2D eigenvalue weighted by atomic mass is 10.2. The fourth-order valence-electron chi connectivity index (χ4n) is 1.95. The molecule has 0 unspecified atom stereocenters. The molecule has 0 aliphatic heterocycles. The van der Waals surface area contributed by atoms with E-state index in [9.17, 15) is 4.39 Å². The molecule has 0 fully saturated rings. The maximum atomic E-state index is 13.7. The van der Waals surface area contributed by atoms with Crippen molar-refractivity contribution in [3.8, 4) is 5.75 Å². The van der Waals surface area contributed by atoms with Crippen LogP contribution in [-0.4, -0.2) is 4.98 Å². The van der Waals surface area contributed by atoms with E-state index in [-0.39, 0.29) is 11.6 Å². The van der Waals surface area contributed by atoms with Crippen molar-refractivity contribution in [3.05, 3.63) is 71.1 Å². The molecule has 20 heavy (non-hydrogen) atoms. The van der Waals surface area contributed by atoms with E-state index >= 15 is 0 Å². The highest BCUT2D eigenvalue weighted by atomic mass is 35.5. The summed E-state index contributed by atoms with van der Waals surface area (Å²) < 4.78 is 19.3. The molecule has 1 aromatic heterocycles. The van der Waals surface area contributed by atoms with E-state index in [2.05, 4.69) is 4.98 Å². The summed E-state index contributed by atoms with van der Waals surface area (Å²) in [6.07, 6.45) is 1.63. The standard InChI is InChI=1S/C16H11ClFNO/c17-14-6-3-5-12(16(14)18)10-20-13-8-11-4-1-2-7-15(11)19-9-13/h1-9H,10H2. The summed E-state index contributed by atoms with van der Waals surface area (Å²) in [7, 11) is 0. The molecule has 1 heterocycles. The van der Waals surface area contributed by atoms with Crippen molar-refractivity contribution < 1.29 is 9.13 Å². The zero-order chi connectivity index (χ0) is 13.9. The van der Waals surface area contributed by atoms with E-state index in [1.165, 1.54) is 6.07 Å². The van der Waals surface area contributed by atoms with Crippen LogP contribution < -0.4 is 4.74 Å². The van der Waals surface area contributed by atoms with Crippen LogP contribution in [0.1, 0.15) is 5.56 Å². The minimum absolute atomic E-state index is 0.0998. The normalized spacial score (nSPS) is 10.7. The summed E-state index contributed by atoms with van der Waals surface area (Å²) in [5.41, 5.74) is 1.32. The Morgan fingerprint density at radius 2 is 1.95 bits per heavy atom. The third-order valence-corrected chi connectivity index (χ3v) is 3.28. The minimum atomic E-state index is -0.442. The molecular weight excluding hydrogens is 277 g/mol. The Morgan fingerprint density at radius 1 is 1.10 bits per heavy atom. The zero-order valence-corrected chi connectivity index (χ0v) is 11.3. The number of benzene rings is 2. The second-order valence-corrected chi connectivity index (χ2v) is 4.77. The van der Waals surface area contributed by atoms with Crippen molar-refractivity contribution >= 4 is 22.5 Å². The van der Waals surface area contributed by atoms with E-state index in [0.717, 1.165) is 10.9 Å². The van der Waals surface area contributed by atoms with E-state index in [4.69, 9.17) is 16.3 Å². The Kier molecular flexibility index (Phi) is 3.52. The molecule has 100 valence electrons. The first-order valence-electron chi connectivity index (χ1n) is 6.14. The maximum Gasteiger partial charge on any atom is 0.148 e. The molecule has 2 nitrogen and oxygen atoms in total. The first-order valence-corrected chi connectivity index (χ1v) is 6.52. The van der Waals surface area contributed by atoms with Crippen LogP contribution in [0.2, 0.25) is 5.02 Å². The number of hydrogen-bond donors (Lipinski definition) is 0. The average molecular weight is 288 g/mol. The number of para-hydroxylation sites is 1. The molecular formula is C16H11ClFNO. The van der Waals surface area contributed by atoms with Crippen molar-refractivity contribution in [1.29, 1.82) is 0 Å². The summed E-state index contributed by atoms with van der Waals surface area (Å²) in [5.74, 6) is 0.158. The Hall–Kier alpha value is -2.13. The molecule has 0 spiro atoms. The first-order chi connectivity index (χ1) is 9.74. The van der Waals surface area contributed by atoms with Gasteiger partial charge in [0.2, 0.25) is 0 Å². The smallest absolute Gasteiger partial charge is 0.148 e. The molecule has 3 rings (SSSR count). The van der Waals surface area contributed by atoms with E-state index in [1.54, 1.807) is 18.3 Å². The van der Waals surface area contributed by atoms with Gasteiger partial charge in [0.1, 0.15) is 18.2 Å². The molecule has 0 radical (unpaired) electrons. The van der Waals surface area contributed by atoms with Gasteiger partial charge < -0.3 is 4.74 Å². The summed E-state index contributed by atoms with van der Waals surface area (Å²) in [6, 6.07) is 14.5. The van der Waals surface area contributed by atoms with Gasteiger partial charge in [-0.15, -0.1) is 0 Å². The number of rotatable bonds is 3. The van der Waals surface area contributed by atoms with Gasteiger partial charge >= 0.3 is 0 Å². The lowest BCUT2D eigenvalue weighted by Crippen LogP contribution is -1.99. The van der Waals surface area contributed by atoms with Crippen molar-refractivity contribution in [2.24, 2.45) is 0 Å². The Balaban J connectivity index is 1.81. The minimum Gasteiger partial charge on any atom is -0.487 e. The summed E-state index contributed by atoms with van der Waals surface area (Å²) in [5, 5.41) is 1.08. The highest BCUT2D eigenvalue weighted by Crippen LogP contribution is 2.21. The Bertz CT molecular complexity index is 760. The molecule has 0 N–H and O–H groups in total. The Labute approximate surface area is 120 Å². The van der Waals surface area contributed by atoms with Crippen molar-refractivity contribution in [3.63, 3.8) is 0 Å². The number of ether oxygens (including phenoxy) is 1. The van der Waals surface area contributed by atoms with Crippen LogP contribution >= 0.6 is 11.6 Å². The fraction of sp³-hybridized carbons (Fsp3) is 0.0625. The number of halogens is 2. The molecule has 0 amide bonds. The number of hydrogen-bond acceptors (Lipinski definition) is 2. The molecule has 4 heteroatoms. The van der Waals surface area contributed by atoms with Gasteiger partial charge in [-0.1, -0.05) is 41.9 Å². The molecule has 0 aliphatic rings. The summed E-state index contributed by atoms with van der Waals surface area (Å²) in [4.78, 5) is 4.29. The van der Waals surface area contributed by atoms with Crippen LogP contribution in [0, 0.1) is 5.82 Å². The van der Waals surface area contributed by atoms with Gasteiger partial charge in [0.15, 0.2) is 0 Å². The van der Waals surface area contributed by atoms with Gasteiger partial charge in [0.05, 0.1) is 16.7 Å². The third-order valence-electron chi connectivity index (χ3n) is 2.99. The predicted molar refractivity (Wildman–Crippen MR) is 77.5 cm³/mol. The SMILES string of the molecule is Fc1c(Cl)cccc1COc1cnc2ccccc2c1. The van der Waals surface area contributed by atoms with Crippen LogP contribution in [0.15, 0.2) is 54.7 Å². The highest BCUT2D eigenvalue weighted by Gasteiger charge is 2.07. The predicted octanol–water partition coefficient (Wildman–Crippen LogP) is 4.61. The molecule has 3 aromatic rings. The molecule has 0 bridgehead atoms.